The van der Waals surface area contributed by atoms with Gasteiger partial charge in [0.05, 0.1) is 13.8 Å². The number of fused-ring (bicyclic) bond motifs is 5. The Bertz CT molecular complexity index is 1790. The van der Waals surface area contributed by atoms with Crippen LogP contribution in [0.15, 0.2) is 60.7 Å². The molecule has 1 aromatic heterocycles. The zero-order valence-corrected chi connectivity index (χ0v) is 22.4. The van der Waals surface area contributed by atoms with Crippen LogP contribution < -0.4 is 4.74 Å². The van der Waals surface area contributed by atoms with Gasteiger partial charge in [0.15, 0.2) is 0 Å². The Kier molecular flexibility index (Phi) is 4.50. The fourth-order valence-electron chi connectivity index (χ4n) is 5.71. The number of rotatable bonds is 2. The van der Waals surface area contributed by atoms with Crippen LogP contribution in [0, 0.1) is 17.8 Å². The minimum Gasteiger partial charge on any atom is -0.456 e. The van der Waals surface area contributed by atoms with Crippen molar-refractivity contribution in [3.63, 3.8) is 0 Å². The summed E-state index contributed by atoms with van der Waals surface area (Å²) in [6, 6.07) is 17.4. The van der Waals surface area contributed by atoms with Gasteiger partial charge in [-0.15, -0.1) is 0 Å². The minimum absolute atomic E-state index is 0.00161. The summed E-state index contributed by atoms with van der Waals surface area (Å²) in [5, 5.41) is 6.03. The molecule has 0 spiro atoms. The summed E-state index contributed by atoms with van der Waals surface area (Å²) >= 11 is 0. The molecule has 0 bridgehead atoms. The second kappa shape index (κ2) is 7.80. The number of hydrogen-bond acceptors (Lipinski definition) is 2. The first kappa shape index (κ1) is 20.8. The van der Waals surface area contributed by atoms with Crippen LogP contribution in [0.3, 0.4) is 0 Å². The van der Waals surface area contributed by atoms with Gasteiger partial charge in [-0.25, -0.2) is 0 Å². The van der Waals surface area contributed by atoms with Crippen LogP contribution >= 0.6 is 0 Å². The molecule has 6 rings (SSSR count). The van der Waals surface area contributed by atoms with Gasteiger partial charge >= 0.3 is 0 Å². The fraction of sp³-hybridized carbons (Fsp3) is 0.324. The normalized spacial score (nSPS) is 14.1. The second-order valence-corrected chi connectivity index (χ2v) is 12.9. The van der Waals surface area contributed by atoms with Crippen molar-refractivity contribution in [2.45, 2.75) is 61.3 Å². The highest BCUT2D eigenvalue weighted by molar-refractivity contribution is 6.17. The smallest absolute Gasteiger partial charge is 0.140 e. The van der Waals surface area contributed by atoms with Gasteiger partial charge in [-0.05, 0) is 81.3 Å². The van der Waals surface area contributed by atoms with Gasteiger partial charge in [0.2, 0.25) is 0 Å². The summed E-state index contributed by atoms with van der Waals surface area (Å²) in [5.41, 5.74) is 5.44. The third kappa shape index (κ3) is 3.84. The first-order valence-corrected chi connectivity index (χ1v) is 12.9. The molecule has 0 fully saturated rings. The maximum atomic E-state index is 8.91. The molecule has 4 aromatic carbocycles. The molecule has 0 saturated heterocycles. The molecular weight excluding hydrogens is 438 g/mol. The van der Waals surface area contributed by atoms with Crippen LogP contribution in [-0.2, 0) is 12.8 Å². The molecular formula is C34H35NO. The Morgan fingerprint density at radius 3 is 2.36 bits per heavy atom. The minimum atomic E-state index is 0.00161. The van der Waals surface area contributed by atoms with Gasteiger partial charge in [-0.2, -0.15) is 0 Å². The zero-order valence-electron chi connectivity index (χ0n) is 24.4. The monoisotopic (exact) mass is 475 g/mol. The lowest BCUT2D eigenvalue weighted by Gasteiger charge is -2.28. The number of aryl methyl sites for hydroxylation is 1. The summed E-state index contributed by atoms with van der Waals surface area (Å²) in [6.07, 6.45) is 1.76. The van der Waals surface area contributed by atoms with E-state index in [1.807, 2.05) is 0 Å². The number of benzene rings is 4. The molecule has 36 heavy (non-hydrogen) atoms. The van der Waals surface area contributed by atoms with Gasteiger partial charge < -0.3 is 4.74 Å². The molecule has 5 aromatic rings. The number of nitrogens with zero attached hydrogens (tertiary/aromatic N) is 1. The van der Waals surface area contributed by atoms with Crippen molar-refractivity contribution >= 4 is 32.3 Å². The Morgan fingerprint density at radius 1 is 0.833 bits per heavy atom. The fourth-order valence-corrected chi connectivity index (χ4v) is 5.71. The van der Waals surface area contributed by atoms with Crippen LogP contribution in [0.4, 0.5) is 0 Å². The molecule has 0 unspecified atom stereocenters. The van der Waals surface area contributed by atoms with Crippen molar-refractivity contribution in [1.29, 1.82) is 0 Å². The van der Waals surface area contributed by atoms with Crippen LogP contribution in [0.25, 0.3) is 43.6 Å². The molecule has 0 aliphatic carbocycles. The van der Waals surface area contributed by atoms with E-state index in [1.165, 1.54) is 22.1 Å². The molecule has 0 radical (unpaired) electrons. The van der Waals surface area contributed by atoms with Gasteiger partial charge in [0, 0.05) is 17.3 Å². The molecule has 0 saturated carbocycles. The second-order valence-electron chi connectivity index (χ2n) is 12.9. The van der Waals surface area contributed by atoms with E-state index in [0.29, 0.717) is 0 Å². The topological polar surface area (TPSA) is 22.1 Å². The third-order valence-corrected chi connectivity index (χ3v) is 7.07. The summed E-state index contributed by atoms with van der Waals surface area (Å²) < 4.78 is 24.5. The lowest BCUT2D eigenvalue weighted by atomic mass is 9.82. The van der Waals surface area contributed by atoms with Crippen molar-refractivity contribution in [1.82, 2.24) is 4.98 Å². The molecule has 2 nitrogen and oxygen atoms in total. The van der Waals surface area contributed by atoms with Crippen LogP contribution in [-0.4, -0.2) is 4.98 Å². The number of ether oxygens (including phenoxy) is 1. The summed E-state index contributed by atoms with van der Waals surface area (Å²) in [5.74, 6) is 1.57. The van der Waals surface area contributed by atoms with Crippen LogP contribution in [0.5, 0.6) is 11.5 Å². The predicted octanol–water partition coefficient (Wildman–Crippen LogP) is 9.80. The molecule has 2 heterocycles. The van der Waals surface area contributed by atoms with E-state index in [-0.39, 0.29) is 23.0 Å². The van der Waals surface area contributed by atoms with Gasteiger partial charge in [-0.3, -0.25) is 4.98 Å². The maximum absolute atomic E-state index is 8.91. The Balaban J connectivity index is 1.76. The van der Waals surface area contributed by atoms with Crippen LogP contribution in [0.1, 0.15) is 61.0 Å². The maximum Gasteiger partial charge on any atom is 0.140 e. The Hall–Kier alpha value is -3.39. The van der Waals surface area contributed by atoms with Crippen LogP contribution in [0.2, 0.25) is 0 Å². The average molecular weight is 476 g/mol. The van der Waals surface area contributed by atoms with E-state index in [1.54, 1.807) is 0 Å². The molecule has 1 aliphatic heterocycles. The highest BCUT2D eigenvalue weighted by Crippen LogP contribution is 2.52. The van der Waals surface area contributed by atoms with Crippen molar-refractivity contribution in [3.05, 3.63) is 77.4 Å². The molecule has 0 amide bonds. The van der Waals surface area contributed by atoms with Crippen molar-refractivity contribution in [2.75, 3.05) is 0 Å². The predicted molar refractivity (Wildman–Crippen MR) is 153 cm³/mol. The molecule has 182 valence electrons. The van der Waals surface area contributed by atoms with E-state index < -0.39 is 0 Å². The van der Waals surface area contributed by atoms with Crippen molar-refractivity contribution in [3.8, 4) is 22.8 Å². The van der Waals surface area contributed by atoms with Gasteiger partial charge in [0.25, 0.3) is 0 Å². The SMILES string of the molecule is [2H]c1nc2c3c(cc4c(CC(C)(C)C)cccc4c3c1[2H])Oc1c-2cc2cc(C)ccc2c1CC(C)(C)C. The first-order chi connectivity index (χ1) is 17.8. The quantitative estimate of drug-likeness (QED) is 0.232. The third-order valence-electron chi connectivity index (χ3n) is 7.07. The van der Waals surface area contributed by atoms with E-state index in [2.05, 4.69) is 97.0 Å². The summed E-state index contributed by atoms with van der Waals surface area (Å²) in [6.45, 7) is 15.6. The Labute approximate surface area is 217 Å². The number of hydrogen-bond donors (Lipinski definition) is 0. The van der Waals surface area contributed by atoms with Gasteiger partial charge in [-0.1, -0.05) is 83.5 Å². The largest absolute Gasteiger partial charge is 0.456 e. The average Bonchev–Trinajstić information content (AvgIpc) is 2.80. The Morgan fingerprint density at radius 2 is 1.61 bits per heavy atom. The summed E-state index contributed by atoms with van der Waals surface area (Å²) in [7, 11) is 0. The van der Waals surface area contributed by atoms with E-state index in [9.17, 15) is 0 Å². The van der Waals surface area contributed by atoms with E-state index in [0.717, 1.165) is 62.5 Å². The zero-order chi connectivity index (χ0) is 27.1. The number of pyridine rings is 1. The summed E-state index contributed by atoms with van der Waals surface area (Å²) in [4.78, 5) is 4.73. The standard InChI is InChI=1S/C34H35NO/c1-20-11-12-23-22(15-20)16-27-31-30-25(13-14-35-31)24-10-8-9-21(18-33(2,3)4)26(24)17-29(30)36-32(27)28(23)19-34(5,6)7/h8-17H,18-19H2,1-7H3/i13D,14D. The van der Waals surface area contributed by atoms with Gasteiger partial charge in [0.1, 0.15) is 11.5 Å². The molecule has 0 N–H and O–H groups in total. The lowest BCUT2D eigenvalue weighted by molar-refractivity contribution is 0.400. The molecule has 0 atom stereocenters. The van der Waals surface area contributed by atoms with E-state index >= 15 is 0 Å². The van der Waals surface area contributed by atoms with E-state index in [4.69, 9.17) is 12.5 Å². The highest BCUT2D eigenvalue weighted by atomic mass is 16.5. The number of aromatic nitrogens is 1. The van der Waals surface area contributed by atoms with Crippen molar-refractivity contribution in [2.24, 2.45) is 10.8 Å². The van der Waals surface area contributed by atoms with Crippen molar-refractivity contribution < 1.29 is 7.48 Å². The first-order valence-electron chi connectivity index (χ1n) is 13.9. The highest BCUT2D eigenvalue weighted by Gasteiger charge is 2.29. The lowest BCUT2D eigenvalue weighted by Crippen LogP contribution is -2.12. The molecule has 2 heteroatoms. The molecule has 1 aliphatic rings.